The standard InChI is InChI=1S/C14H9ClF3N5O/c1-24-13-19-5-4-10(20-13)9-6-8(15)2-3-11(9)23-7-12(21-22-23)14(16,17)18/h2-7H,1H3. The Bertz CT molecular complexity index is 881. The van der Waals surface area contributed by atoms with Crippen LogP contribution in [-0.4, -0.2) is 32.1 Å². The summed E-state index contributed by atoms with van der Waals surface area (Å²) in [5.41, 5.74) is 0.122. The van der Waals surface area contributed by atoms with Crippen molar-refractivity contribution in [2.24, 2.45) is 0 Å². The van der Waals surface area contributed by atoms with Gasteiger partial charge in [-0.3, -0.25) is 0 Å². The van der Waals surface area contributed by atoms with Crippen molar-refractivity contribution in [3.63, 3.8) is 0 Å². The summed E-state index contributed by atoms with van der Waals surface area (Å²) in [5.74, 6) is 0. The molecular formula is C14H9ClF3N5O. The number of nitrogens with zero attached hydrogens (tertiary/aromatic N) is 5. The van der Waals surface area contributed by atoms with E-state index in [9.17, 15) is 13.2 Å². The third-order valence-electron chi connectivity index (χ3n) is 3.08. The second-order valence-corrected chi connectivity index (χ2v) is 5.07. The molecule has 0 bridgehead atoms. The molecule has 0 aliphatic carbocycles. The molecule has 124 valence electrons. The normalized spacial score (nSPS) is 11.5. The van der Waals surface area contributed by atoms with Crippen molar-refractivity contribution >= 4 is 11.6 Å². The van der Waals surface area contributed by atoms with Crippen LogP contribution in [0.4, 0.5) is 13.2 Å². The van der Waals surface area contributed by atoms with Crippen LogP contribution in [0.1, 0.15) is 5.69 Å². The molecule has 0 saturated carbocycles. The van der Waals surface area contributed by atoms with Gasteiger partial charge in [0.1, 0.15) is 0 Å². The van der Waals surface area contributed by atoms with E-state index in [2.05, 4.69) is 20.3 Å². The smallest absolute Gasteiger partial charge is 0.436 e. The van der Waals surface area contributed by atoms with Gasteiger partial charge >= 0.3 is 12.2 Å². The molecular weight excluding hydrogens is 347 g/mol. The maximum absolute atomic E-state index is 12.7. The van der Waals surface area contributed by atoms with Gasteiger partial charge in [-0.25, -0.2) is 9.67 Å². The summed E-state index contributed by atoms with van der Waals surface area (Å²) in [6.07, 6.45) is -2.32. The van der Waals surface area contributed by atoms with E-state index >= 15 is 0 Å². The van der Waals surface area contributed by atoms with Crippen molar-refractivity contribution in [1.82, 2.24) is 25.0 Å². The molecule has 6 nitrogen and oxygen atoms in total. The fourth-order valence-corrected chi connectivity index (χ4v) is 2.19. The first kappa shape index (κ1) is 16.2. The fourth-order valence-electron chi connectivity index (χ4n) is 2.01. The van der Waals surface area contributed by atoms with E-state index in [0.717, 1.165) is 10.9 Å². The van der Waals surface area contributed by atoms with Gasteiger partial charge in [0, 0.05) is 16.8 Å². The van der Waals surface area contributed by atoms with Gasteiger partial charge in [-0.15, -0.1) is 5.10 Å². The second kappa shape index (κ2) is 6.08. The maximum atomic E-state index is 12.7. The molecule has 0 atom stereocenters. The summed E-state index contributed by atoms with van der Waals surface area (Å²) in [6, 6.07) is 6.33. The average molecular weight is 356 g/mol. The molecule has 0 saturated heterocycles. The van der Waals surface area contributed by atoms with Gasteiger partial charge in [0.05, 0.1) is 24.7 Å². The van der Waals surface area contributed by atoms with Gasteiger partial charge in [0.25, 0.3) is 0 Å². The third-order valence-corrected chi connectivity index (χ3v) is 3.32. The first-order chi connectivity index (χ1) is 11.4. The number of halogens is 4. The third kappa shape index (κ3) is 3.16. The van der Waals surface area contributed by atoms with Crippen molar-refractivity contribution in [2.75, 3.05) is 7.11 Å². The number of methoxy groups -OCH3 is 1. The molecule has 3 aromatic rings. The van der Waals surface area contributed by atoms with E-state index in [4.69, 9.17) is 16.3 Å². The van der Waals surface area contributed by atoms with Crippen molar-refractivity contribution < 1.29 is 17.9 Å². The Balaban J connectivity index is 2.14. The van der Waals surface area contributed by atoms with Crippen LogP contribution >= 0.6 is 11.6 Å². The van der Waals surface area contributed by atoms with E-state index < -0.39 is 11.9 Å². The minimum absolute atomic E-state index is 0.119. The molecule has 2 heterocycles. The van der Waals surface area contributed by atoms with E-state index in [0.29, 0.717) is 22.0 Å². The Kier molecular flexibility index (Phi) is 4.10. The molecule has 0 aliphatic heterocycles. The minimum Gasteiger partial charge on any atom is -0.467 e. The van der Waals surface area contributed by atoms with Crippen LogP contribution in [0.15, 0.2) is 36.7 Å². The lowest BCUT2D eigenvalue weighted by Gasteiger charge is -2.10. The lowest BCUT2D eigenvalue weighted by Crippen LogP contribution is -2.05. The summed E-state index contributed by atoms with van der Waals surface area (Å²) in [7, 11) is 1.41. The van der Waals surface area contributed by atoms with Crippen LogP contribution in [0.5, 0.6) is 6.01 Å². The molecule has 3 rings (SSSR count). The number of hydrogen-bond acceptors (Lipinski definition) is 5. The molecule has 1 aromatic carbocycles. The zero-order valence-corrected chi connectivity index (χ0v) is 12.9. The van der Waals surface area contributed by atoms with Crippen molar-refractivity contribution in [3.8, 4) is 23.0 Å². The summed E-state index contributed by atoms with van der Waals surface area (Å²) in [5, 5.41) is 7.08. The zero-order valence-electron chi connectivity index (χ0n) is 12.1. The van der Waals surface area contributed by atoms with E-state index in [1.807, 2.05) is 0 Å². The Morgan fingerprint density at radius 3 is 2.67 bits per heavy atom. The molecule has 0 amide bonds. The zero-order chi connectivity index (χ0) is 17.3. The Morgan fingerprint density at radius 1 is 1.21 bits per heavy atom. The predicted molar refractivity (Wildman–Crippen MR) is 78.9 cm³/mol. The van der Waals surface area contributed by atoms with Gasteiger partial charge in [-0.2, -0.15) is 18.2 Å². The largest absolute Gasteiger partial charge is 0.467 e. The van der Waals surface area contributed by atoms with Crippen LogP contribution in [-0.2, 0) is 6.18 Å². The first-order valence-electron chi connectivity index (χ1n) is 6.55. The second-order valence-electron chi connectivity index (χ2n) is 4.64. The summed E-state index contributed by atoms with van der Waals surface area (Å²) in [6.45, 7) is 0. The monoisotopic (exact) mass is 355 g/mol. The molecule has 0 radical (unpaired) electrons. The number of rotatable bonds is 3. The molecule has 0 unspecified atom stereocenters. The van der Waals surface area contributed by atoms with Crippen molar-refractivity contribution in [3.05, 3.63) is 47.4 Å². The van der Waals surface area contributed by atoms with Crippen LogP contribution in [0.25, 0.3) is 16.9 Å². The number of hydrogen-bond donors (Lipinski definition) is 0. The van der Waals surface area contributed by atoms with E-state index in [-0.39, 0.29) is 6.01 Å². The van der Waals surface area contributed by atoms with Crippen LogP contribution < -0.4 is 4.74 Å². The molecule has 2 aromatic heterocycles. The number of ether oxygens (including phenoxy) is 1. The molecule has 0 fully saturated rings. The lowest BCUT2D eigenvalue weighted by molar-refractivity contribution is -0.141. The minimum atomic E-state index is -4.58. The highest BCUT2D eigenvalue weighted by Crippen LogP contribution is 2.31. The van der Waals surface area contributed by atoms with Gasteiger partial charge in [0.2, 0.25) is 0 Å². The molecule has 24 heavy (non-hydrogen) atoms. The van der Waals surface area contributed by atoms with Gasteiger partial charge in [-0.1, -0.05) is 16.8 Å². The highest BCUT2D eigenvalue weighted by atomic mass is 35.5. The van der Waals surface area contributed by atoms with Crippen molar-refractivity contribution in [1.29, 1.82) is 0 Å². The van der Waals surface area contributed by atoms with Crippen LogP contribution in [0, 0.1) is 0 Å². The molecule has 10 heteroatoms. The van der Waals surface area contributed by atoms with Crippen molar-refractivity contribution in [2.45, 2.75) is 6.18 Å². The van der Waals surface area contributed by atoms with E-state index in [1.165, 1.54) is 25.4 Å². The molecule has 0 N–H and O–H groups in total. The quantitative estimate of drug-likeness (QED) is 0.720. The Hall–Kier alpha value is -2.68. The number of alkyl halides is 3. The summed E-state index contributed by atoms with van der Waals surface area (Å²) < 4.78 is 44.2. The lowest BCUT2D eigenvalue weighted by atomic mass is 10.1. The summed E-state index contributed by atoms with van der Waals surface area (Å²) >= 11 is 6.01. The topological polar surface area (TPSA) is 65.7 Å². The van der Waals surface area contributed by atoms with Gasteiger partial charge < -0.3 is 4.74 Å². The van der Waals surface area contributed by atoms with E-state index in [1.54, 1.807) is 12.1 Å². The van der Waals surface area contributed by atoms with Gasteiger partial charge in [0.15, 0.2) is 5.69 Å². The fraction of sp³-hybridized carbons (Fsp3) is 0.143. The predicted octanol–water partition coefficient (Wildman–Crippen LogP) is 3.41. The van der Waals surface area contributed by atoms with Crippen LogP contribution in [0.3, 0.4) is 0 Å². The maximum Gasteiger partial charge on any atom is 0.436 e. The Labute approximate surface area is 138 Å². The molecule has 0 spiro atoms. The average Bonchev–Trinajstić information content (AvgIpc) is 3.05. The highest BCUT2D eigenvalue weighted by Gasteiger charge is 2.34. The highest BCUT2D eigenvalue weighted by molar-refractivity contribution is 6.31. The Morgan fingerprint density at radius 2 is 2.00 bits per heavy atom. The van der Waals surface area contributed by atoms with Gasteiger partial charge in [-0.05, 0) is 24.3 Å². The van der Waals surface area contributed by atoms with Crippen LogP contribution in [0.2, 0.25) is 5.02 Å². The SMILES string of the molecule is COc1nccc(-c2cc(Cl)ccc2-n2cc(C(F)(F)F)nn2)n1. The summed E-state index contributed by atoms with van der Waals surface area (Å²) in [4.78, 5) is 8.06. The molecule has 0 aliphatic rings. The number of aromatic nitrogens is 5. The first-order valence-corrected chi connectivity index (χ1v) is 6.93. The number of benzene rings is 1.